The number of carbonyl (C=O) groups excluding carboxylic acids is 1. The number of hydrogen-bond acceptors (Lipinski definition) is 2. The van der Waals surface area contributed by atoms with Gasteiger partial charge >= 0.3 is 0 Å². The van der Waals surface area contributed by atoms with E-state index in [0.717, 1.165) is 11.1 Å². The van der Waals surface area contributed by atoms with Crippen LogP contribution in [0.5, 0.6) is 0 Å². The maximum atomic E-state index is 11.9. The van der Waals surface area contributed by atoms with Gasteiger partial charge in [0, 0.05) is 5.69 Å². The van der Waals surface area contributed by atoms with Crippen molar-refractivity contribution in [2.24, 2.45) is 0 Å². The molecule has 3 nitrogen and oxygen atoms in total. The van der Waals surface area contributed by atoms with Crippen LogP contribution in [0.25, 0.3) is 11.1 Å². The first-order valence-electron chi connectivity index (χ1n) is 6.44. The zero-order valence-electron chi connectivity index (χ0n) is 11.0. The number of hydrogen-bond donors (Lipinski definition) is 1. The summed E-state index contributed by atoms with van der Waals surface area (Å²) in [4.78, 5) is 11.9. The van der Waals surface area contributed by atoms with E-state index < -0.39 is 0 Å². The smallest absolute Gasteiger partial charge is 0.291 e. The van der Waals surface area contributed by atoms with Crippen molar-refractivity contribution in [2.45, 2.75) is 0 Å². The van der Waals surface area contributed by atoms with Crippen LogP contribution in [0.2, 0.25) is 5.22 Å². The van der Waals surface area contributed by atoms with E-state index in [9.17, 15) is 4.79 Å². The molecule has 0 aliphatic carbocycles. The first-order chi connectivity index (χ1) is 10.2. The van der Waals surface area contributed by atoms with Gasteiger partial charge in [0.15, 0.2) is 11.0 Å². The lowest BCUT2D eigenvalue weighted by Crippen LogP contribution is -2.10. The predicted octanol–water partition coefficient (Wildman–Crippen LogP) is 4.85. The second-order valence-corrected chi connectivity index (χ2v) is 4.87. The van der Waals surface area contributed by atoms with Crippen molar-refractivity contribution in [3.8, 4) is 11.1 Å². The summed E-state index contributed by atoms with van der Waals surface area (Å²) < 4.78 is 5.06. The standard InChI is InChI=1S/C17H12ClNO2/c18-16-11-10-15(21-16)17(20)19-14-8-6-13(7-9-14)12-4-2-1-3-5-12/h1-11H,(H,19,20). The summed E-state index contributed by atoms with van der Waals surface area (Å²) >= 11 is 5.65. The van der Waals surface area contributed by atoms with Gasteiger partial charge in [0.1, 0.15) is 0 Å². The van der Waals surface area contributed by atoms with Crippen LogP contribution in [0.3, 0.4) is 0 Å². The number of carbonyl (C=O) groups is 1. The maximum Gasteiger partial charge on any atom is 0.291 e. The highest BCUT2D eigenvalue weighted by Gasteiger charge is 2.10. The maximum absolute atomic E-state index is 11.9. The fourth-order valence-electron chi connectivity index (χ4n) is 2.01. The summed E-state index contributed by atoms with van der Waals surface area (Å²) in [7, 11) is 0. The Labute approximate surface area is 127 Å². The fraction of sp³-hybridized carbons (Fsp3) is 0. The van der Waals surface area contributed by atoms with Gasteiger partial charge in [-0.05, 0) is 47.0 Å². The zero-order valence-corrected chi connectivity index (χ0v) is 11.8. The van der Waals surface area contributed by atoms with E-state index in [2.05, 4.69) is 5.32 Å². The van der Waals surface area contributed by atoms with E-state index in [1.165, 1.54) is 12.1 Å². The van der Waals surface area contributed by atoms with E-state index in [1.54, 1.807) is 0 Å². The third-order valence-electron chi connectivity index (χ3n) is 3.05. The highest BCUT2D eigenvalue weighted by Crippen LogP contribution is 2.21. The molecule has 0 bridgehead atoms. The van der Waals surface area contributed by atoms with Crippen LogP contribution in [-0.2, 0) is 0 Å². The minimum Gasteiger partial charge on any atom is -0.440 e. The molecule has 1 heterocycles. The topological polar surface area (TPSA) is 42.2 Å². The highest BCUT2D eigenvalue weighted by atomic mass is 35.5. The van der Waals surface area contributed by atoms with Gasteiger partial charge in [0.2, 0.25) is 0 Å². The molecule has 21 heavy (non-hydrogen) atoms. The van der Waals surface area contributed by atoms with Gasteiger partial charge < -0.3 is 9.73 Å². The molecule has 0 fully saturated rings. The average Bonchev–Trinajstić information content (AvgIpc) is 2.96. The molecule has 0 unspecified atom stereocenters. The van der Waals surface area contributed by atoms with E-state index >= 15 is 0 Å². The van der Waals surface area contributed by atoms with Crippen LogP contribution < -0.4 is 5.32 Å². The van der Waals surface area contributed by atoms with Gasteiger partial charge in [-0.1, -0.05) is 42.5 Å². The van der Waals surface area contributed by atoms with Crippen molar-refractivity contribution in [1.82, 2.24) is 0 Å². The quantitative estimate of drug-likeness (QED) is 0.750. The van der Waals surface area contributed by atoms with Gasteiger partial charge in [-0.2, -0.15) is 0 Å². The Bertz CT molecular complexity index is 748. The third kappa shape index (κ3) is 3.15. The molecule has 0 radical (unpaired) electrons. The summed E-state index contributed by atoms with van der Waals surface area (Å²) in [5.74, 6) is -0.138. The molecule has 2 aromatic carbocycles. The molecular formula is C17H12ClNO2. The summed E-state index contributed by atoms with van der Waals surface area (Å²) in [6.07, 6.45) is 0. The number of amides is 1. The largest absolute Gasteiger partial charge is 0.440 e. The van der Waals surface area contributed by atoms with Crippen molar-refractivity contribution in [3.63, 3.8) is 0 Å². The van der Waals surface area contributed by atoms with Crippen molar-refractivity contribution >= 4 is 23.2 Å². The number of anilines is 1. The molecule has 104 valence electrons. The minimum absolute atomic E-state index is 0.187. The summed E-state index contributed by atoms with van der Waals surface area (Å²) in [5, 5.41) is 2.95. The number of benzene rings is 2. The van der Waals surface area contributed by atoms with Gasteiger partial charge in [0.05, 0.1) is 0 Å². The molecule has 0 spiro atoms. The first kappa shape index (κ1) is 13.5. The second-order valence-electron chi connectivity index (χ2n) is 4.50. The van der Waals surface area contributed by atoms with Crippen molar-refractivity contribution in [3.05, 3.63) is 77.7 Å². The van der Waals surface area contributed by atoms with Crippen LogP contribution in [0.1, 0.15) is 10.6 Å². The van der Waals surface area contributed by atoms with Crippen molar-refractivity contribution in [2.75, 3.05) is 5.32 Å². The number of rotatable bonds is 3. The lowest BCUT2D eigenvalue weighted by Gasteiger charge is -2.05. The molecule has 3 rings (SSSR count). The fourth-order valence-corrected chi connectivity index (χ4v) is 2.15. The molecular weight excluding hydrogens is 286 g/mol. The summed E-state index contributed by atoms with van der Waals surface area (Å²) in [6, 6.07) is 20.7. The Kier molecular flexibility index (Phi) is 3.75. The van der Waals surface area contributed by atoms with Gasteiger partial charge in [-0.3, -0.25) is 4.79 Å². The molecule has 0 aliphatic rings. The monoisotopic (exact) mass is 297 g/mol. The van der Waals surface area contributed by atoms with Crippen molar-refractivity contribution < 1.29 is 9.21 Å². The molecule has 0 atom stereocenters. The molecule has 1 aromatic heterocycles. The number of furan rings is 1. The van der Waals surface area contributed by atoms with E-state index in [1.807, 2.05) is 54.6 Å². The molecule has 0 saturated carbocycles. The van der Waals surface area contributed by atoms with Crippen LogP contribution in [0.4, 0.5) is 5.69 Å². The Morgan fingerprint density at radius 2 is 1.52 bits per heavy atom. The molecule has 0 aliphatic heterocycles. The Hall–Kier alpha value is -2.52. The second kappa shape index (κ2) is 5.85. The normalized spacial score (nSPS) is 10.3. The summed E-state index contributed by atoms with van der Waals surface area (Å²) in [6.45, 7) is 0. The van der Waals surface area contributed by atoms with E-state index in [-0.39, 0.29) is 16.9 Å². The molecule has 3 aromatic rings. The van der Waals surface area contributed by atoms with Crippen LogP contribution in [0, 0.1) is 0 Å². The van der Waals surface area contributed by atoms with E-state index in [4.69, 9.17) is 16.0 Å². The highest BCUT2D eigenvalue weighted by molar-refractivity contribution is 6.29. The molecule has 0 saturated heterocycles. The number of halogens is 1. The molecule has 4 heteroatoms. The minimum atomic E-state index is -0.325. The van der Waals surface area contributed by atoms with Gasteiger partial charge in [-0.15, -0.1) is 0 Å². The summed E-state index contributed by atoms with van der Waals surface area (Å²) in [5.41, 5.74) is 2.93. The Balaban J connectivity index is 1.74. The predicted molar refractivity (Wildman–Crippen MR) is 83.5 cm³/mol. The molecule has 1 N–H and O–H groups in total. The Morgan fingerprint density at radius 1 is 0.857 bits per heavy atom. The van der Waals surface area contributed by atoms with Crippen LogP contribution in [0.15, 0.2) is 71.1 Å². The lowest BCUT2D eigenvalue weighted by molar-refractivity contribution is 0.0997. The average molecular weight is 298 g/mol. The number of nitrogens with one attached hydrogen (secondary N) is 1. The molecule has 1 amide bonds. The van der Waals surface area contributed by atoms with Crippen LogP contribution in [-0.4, -0.2) is 5.91 Å². The SMILES string of the molecule is O=C(Nc1ccc(-c2ccccc2)cc1)c1ccc(Cl)o1. The van der Waals surface area contributed by atoms with Crippen molar-refractivity contribution in [1.29, 1.82) is 0 Å². The van der Waals surface area contributed by atoms with Crippen LogP contribution >= 0.6 is 11.6 Å². The lowest BCUT2D eigenvalue weighted by atomic mass is 10.1. The van der Waals surface area contributed by atoms with Gasteiger partial charge in [0.25, 0.3) is 5.91 Å². The third-order valence-corrected chi connectivity index (χ3v) is 3.25. The zero-order chi connectivity index (χ0) is 14.7. The first-order valence-corrected chi connectivity index (χ1v) is 6.82. The van der Waals surface area contributed by atoms with Gasteiger partial charge in [-0.25, -0.2) is 0 Å². The van der Waals surface area contributed by atoms with E-state index in [0.29, 0.717) is 5.69 Å². The Morgan fingerprint density at radius 3 is 2.14 bits per heavy atom.